The molecule has 1 aromatic rings. The third-order valence-electron chi connectivity index (χ3n) is 2.83. The highest BCUT2D eigenvalue weighted by molar-refractivity contribution is 5.16. The third-order valence-corrected chi connectivity index (χ3v) is 2.83. The molecule has 1 aromatic heterocycles. The molecule has 2 heterocycles. The van der Waals surface area contributed by atoms with Crippen molar-refractivity contribution in [3.05, 3.63) is 17.2 Å². The molecule has 0 aliphatic carbocycles. The minimum atomic E-state index is -2.48. The number of aromatic amines is 1. The normalized spacial score (nSPS) is 22.3. The van der Waals surface area contributed by atoms with Gasteiger partial charge in [0.15, 0.2) is 0 Å². The van der Waals surface area contributed by atoms with Gasteiger partial charge in [-0.15, -0.1) is 0 Å². The molecule has 0 spiro atoms. The Kier molecular flexibility index (Phi) is 3.00. The minimum Gasteiger partial charge on any atom is -0.345 e. The number of hydrogen-bond donors (Lipinski definition) is 2. The summed E-state index contributed by atoms with van der Waals surface area (Å²) in [6.07, 6.45) is -0.386. The summed E-state index contributed by atoms with van der Waals surface area (Å²) in [4.78, 5) is 6.95. The molecule has 2 N–H and O–H groups in total. The SMILES string of the molecule is Cc1[nH]c(C2CCCNC2)nc1C(F)F. The predicted molar refractivity (Wildman–Crippen MR) is 53.1 cm³/mol. The fraction of sp³-hybridized carbons (Fsp3) is 0.700. The Bertz CT molecular complexity index is 329. The van der Waals surface area contributed by atoms with Crippen molar-refractivity contribution < 1.29 is 8.78 Å². The molecule has 0 aromatic carbocycles. The van der Waals surface area contributed by atoms with E-state index in [-0.39, 0.29) is 11.6 Å². The summed E-state index contributed by atoms with van der Waals surface area (Å²) < 4.78 is 25.0. The first-order chi connectivity index (χ1) is 7.18. The average Bonchev–Trinajstić information content (AvgIpc) is 2.62. The van der Waals surface area contributed by atoms with Crippen LogP contribution in [-0.4, -0.2) is 23.1 Å². The van der Waals surface area contributed by atoms with E-state index in [1.807, 2.05) is 0 Å². The van der Waals surface area contributed by atoms with E-state index in [2.05, 4.69) is 15.3 Å². The molecule has 0 bridgehead atoms. The van der Waals surface area contributed by atoms with Crippen LogP contribution >= 0.6 is 0 Å². The van der Waals surface area contributed by atoms with Gasteiger partial charge in [-0.25, -0.2) is 13.8 Å². The number of rotatable bonds is 2. The van der Waals surface area contributed by atoms with Crippen LogP contribution in [0.4, 0.5) is 8.78 Å². The highest BCUT2D eigenvalue weighted by Gasteiger charge is 2.22. The molecule has 15 heavy (non-hydrogen) atoms. The smallest absolute Gasteiger partial charge is 0.282 e. The molecular formula is C10H15F2N3. The Morgan fingerprint density at radius 1 is 1.47 bits per heavy atom. The van der Waals surface area contributed by atoms with Crippen molar-refractivity contribution in [1.82, 2.24) is 15.3 Å². The van der Waals surface area contributed by atoms with Gasteiger partial charge in [-0.2, -0.15) is 0 Å². The molecule has 0 radical (unpaired) electrons. The Hall–Kier alpha value is -0.970. The van der Waals surface area contributed by atoms with Gasteiger partial charge in [0.2, 0.25) is 0 Å². The van der Waals surface area contributed by atoms with Gasteiger partial charge >= 0.3 is 0 Å². The lowest BCUT2D eigenvalue weighted by atomic mass is 9.99. The van der Waals surface area contributed by atoms with E-state index in [9.17, 15) is 8.78 Å². The maximum atomic E-state index is 12.5. The lowest BCUT2D eigenvalue weighted by Gasteiger charge is -2.20. The molecule has 1 unspecified atom stereocenters. The number of piperidine rings is 1. The molecule has 84 valence electrons. The number of halogens is 2. The van der Waals surface area contributed by atoms with Crippen LogP contribution in [-0.2, 0) is 0 Å². The summed E-state index contributed by atoms with van der Waals surface area (Å²) in [6, 6.07) is 0. The number of hydrogen-bond acceptors (Lipinski definition) is 2. The van der Waals surface area contributed by atoms with Gasteiger partial charge in [0.1, 0.15) is 11.5 Å². The maximum Gasteiger partial charge on any atom is 0.282 e. The predicted octanol–water partition coefficient (Wildman–Crippen LogP) is 2.12. The van der Waals surface area contributed by atoms with Crippen LogP contribution in [0.15, 0.2) is 0 Å². The Morgan fingerprint density at radius 3 is 2.80 bits per heavy atom. The zero-order chi connectivity index (χ0) is 10.8. The first-order valence-electron chi connectivity index (χ1n) is 5.23. The van der Waals surface area contributed by atoms with Gasteiger partial charge in [-0.05, 0) is 26.3 Å². The van der Waals surface area contributed by atoms with Crippen molar-refractivity contribution in [3.8, 4) is 0 Å². The maximum absolute atomic E-state index is 12.5. The Balaban J connectivity index is 2.17. The van der Waals surface area contributed by atoms with Crippen LogP contribution in [0.5, 0.6) is 0 Å². The summed E-state index contributed by atoms with van der Waals surface area (Å²) in [5.74, 6) is 0.958. The van der Waals surface area contributed by atoms with Crippen molar-refractivity contribution in [2.24, 2.45) is 0 Å². The van der Waals surface area contributed by atoms with Crippen molar-refractivity contribution >= 4 is 0 Å². The zero-order valence-electron chi connectivity index (χ0n) is 8.69. The second kappa shape index (κ2) is 4.26. The van der Waals surface area contributed by atoms with Gasteiger partial charge in [0.05, 0.1) is 0 Å². The molecule has 1 atom stereocenters. The van der Waals surface area contributed by atoms with E-state index in [1.165, 1.54) is 0 Å². The van der Waals surface area contributed by atoms with E-state index in [0.717, 1.165) is 25.9 Å². The summed E-state index contributed by atoms with van der Waals surface area (Å²) in [7, 11) is 0. The van der Waals surface area contributed by atoms with Crippen molar-refractivity contribution in [1.29, 1.82) is 0 Å². The second-order valence-corrected chi connectivity index (χ2v) is 3.98. The Morgan fingerprint density at radius 2 is 2.27 bits per heavy atom. The van der Waals surface area contributed by atoms with E-state index in [4.69, 9.17) is 0 Å². The first kappa shape index (κ1) is 10.5. The summed E-state index contributed by atoms with van der Waals surface area (Å²) in [5, 5.41) is 3.24. The number of nitrogens with zero attached hydrogens (tertiary/aromatic N) is 1. The second-order valence-electron chi connectivity index (χ2n) is 3.98. The van der Waals surface area contributed by atoms with Crippen LogP contribution in [0, 0.1) is 6.92 Å². The summed E-state index contributed by atoms with van der Waals surface area (Å²) >= 11 is 0. The van der Waals surface area contributed by atoms with E-state index < -0.39 is 6.43 Å². The highest BCUT2D eigenvalue weighted by atomic mass is 19.3. The van der Waals surface area contributed by atoms with Gasteiger partial charge in [0.25, 0.3) is 6.43 Å². The van der Waals surface area contributed by atoms with Gasteiger partial charge in [-0.1, -0.05) is 0 Å². The average molecular weight is 215 g/mol. The number of imidazole rings is 1. The molecule has 3 nitrogen and oxygen atoms in total. The number of aromatic nitrogens is 2. The van der Waals surface area contributed by atoms with E-state index in [1.54, 1.807) is 6.92 Å². The third kappa shape index (κ3) is 2.17. The molecule has 1 saturated heterocycles. The quantitative estimate of drug-likeness (QED) is 0.793. The number of alkyl halides is 2. The first-order valence-corrected chi connectivity index (χ1v) is 5.23. The van der Waals surface area contributed by atoms with E-state index in [0.29, 0.717) is 11.5 Å². The monoisotopic (exact) mass is 215 g/mol. The lowest BCUT2D eigenvalue weighted by Crippen LogP contribution is -2.28. The summed E-state index contributed by atoms with van der Waals surface area (Å²) in [6.45, 7) is 3.49. The molecule has 5 heteroatoms. The number of H-pyrrole nitrogens is 1. The van der Waals surface area contributed by atoms with Gasteiger partial charge < -0.3 is 10.3 Å². The molecule has 1 aliphatic heterocycles. The van der Waals surface area contributed by atoms with Gasteiger partial charge in [0, 0.05) is 18.2 Å². The largest absolute Gasteiger partial charge is 0.345 e. The highest BCUT2D eigenvalue weighted by Crippen LogP contribution is 2.26. The van der Waals surface area contributed by atoms with Crippen molar-refractivity contribution in [2.45, 2.75) is 32.1 Å². The Labute approximate surface area is 87.3 Å². The molecule has 0 saturated carbocycles. The standard InChI is InChI=1S/C10H15F2N3/c1-6-8(9(11)12)15-10(14-6)7-3-2-4-13-5-7/h7,9,13H,2-5H2,1H3,(H,14,15). The van der Waals surface area contributed by atoms with Crippen LogP contribution in [0.25, 0.3) is 0 Å². The van der Waals surface area contributed by atoms with Crippen molar-refractivity contribution in [2.75, 3.05) is 13.1 Å². The van der Waals surface area contributed by atoms with Crippen LogP contribution in [0.2, 0.25) is 0 Å². The van der Waals surface area contributed by atoms with Crippen LogP contribution in [0.1, 0.15) is 42.4 Å². The number of aryl methyl sites for hydroxylation is 1. The van der Waals surface area contributed by atoms with Crippen LogP contribution in [0.3, 0.4) is 0 Å². The van der Waals surface area contributed by atoms with E-state index >= 15 is 0 Å². The molecule has 1 aliphatic rings. The number of nitrogens with one attached hydrogen (secondary N) is 2. The molecular weight excluding hydrogens is 200 g/mol. The topological polar surface area (TPSA) is 40.7 Å². The lowest BCUT2D eigenvalue weighted by molar-refractivity contribution is 0.145. The molecule has 2 rings (SSSR count). The fourth-order valence-corrected chi connectivity index (χ4v) is 1.99. The zero-order valence-corrected chi connectivity index (χ0v) is 8.69. The fourth-order valence-electron chi connectivity index (χ4n) is 1.99. The van der Waals surface area contributed by atoms with Crippen LogP contribution < -0.4 is 5.32 Å². The molecule has 1 fully saturated rings. The summed E-state index contributed by atoms with van der Waals surface area (Å²) in [5.41, 5.74) is 0.390. The minimum absolute atomic E-state index is 0.101. The van der Waals surface area contributed by atoms with Crippen molar-refractivity contribution in [3.63, 3.8) is 0 Å². The van der Waals surface area contributed by atoms with Gasteiger partial charge in [-0.3, -0.25) is 0 Å². The molecule has 0 amide bonds.